The number of unbranched alkanes of at least 4 members (excludes halogenated alkanes) is 40. The highest BCUT2D eigenvalue weighted by atomic mass is 16.7. The molecule has 1 heterocycles. The Morgan fingerprint density at radius 1 is 0.481 bits per heavy atom. The van der Waals surface area contributed by atoms with Crippen LogP contribution in [0.2, 0.25) is 0 Å². The molecule has 0 aromatic carbocycles. The second-order valence-corrected chi connectivity index (χ2v) is 23.6. The fourth-order valence-electron chi connectivity index (χ4n) is 10.6. The normalized spacial score (nSPS) is 19.0. The number of allylic oxidation sites excluding steroid dienone is 5. The maximum atomic E-state index is 13.4. The molecule has 11 heteroatoms. The molecule has 79 heavy (non-hydrogen) atoms. The van der Waals surface area contributed by atoms with Crippen LogP contribution in [0, 0.1) is 0 Å². The first kappa shape index (κ1) is 74.9. The first-order valence-electron chi connectivity index (χ1n) is 33.8. The minimum Gasteiger partial charge on any atom is -0.454 e. The molecule has 0 radical (unpaired) electrons. The highest BCUT2D eigenvalue weighted by Gasteiger charge is 2.47. The molecule has 0 aromatic heterocycles. The van der Waals surface area contributed by atoms with Crippen LogP contribution in [0.25, 0.3) is 0 Å². The van der Waals surface area contributed by atoms with Crippen LogP contribution in [0.1, 0.15) is 323 Å². The van der Waals surface area contributed by atoms with E-state index >= 15 is 0 Å². The van der Waals surface area contributed by atoms with Crippen molar-refractivity contribution in [3.05, 3.63) is 36.5 Å². The second-order valence-electron chi connectivity index (χ2n) is 23.6. The van der Waals surface area contributed by atoms with E-state index < -0.39 is 67.4 Å². The smallest absolute Gasteiger partial charge is 0.306 e. The number of aliphatic hydroxyl groups is 5. The van der Waals surface area contributed by atoms with E-state index in [0.29, 0.717) is 12.8 Å². The highest BCUT2D eigenvalue weighted by Crippen LogP contribution is 2.26. The van der Waals surface area contributed by atoms with Gasteiger partial charge in [-0.15, -0.1) is 0 Å². The number of aliphatic hydroxyl groups excluding tert-OH is 5. The summed E-state index contributed by atoms with van der Waals surface area (Å²) in [5.41, 5.74) is 0. The van der Waals surface area contributed by atoms with Gasteiger partial charge in [0.05, 0.1) is 25.4 Å². The molecule has 8 unspecified atom stereocenters. The third kappa shape index (κ3) is 44.1. The minimum absolute atomic E-state index is 0.126. The maximum absolute atomic E-state index is 13.4. The second kappa shape index (κ2) is 56.4. The van der Waals surface area contributed by atoms with Gasteiger partial charge in [0, 0.05) is 6.42 Å². The van der Waals surface area contributed by atoms with Crippen LogP contribution in [0.4, 0.5) is 0 Å². The van der Waals surface area contributed by atoms with E-state index in [4.69, 9.17) is 14.2 Å². The molecule has 6 N–H and O–H groups in total. The SMILES string of the molecule is CCCCCC/C=C\CCCCCCCCC(O)C(=O)NC(COC1OC(CO)C(O)C(O)C1OC(=O)CCCCCCCCCCCCCCC/C=C/CCCCCCCC)C(O)/C=C/CCCCCCCCCCCCC. The molecule has 0 bridgehead atoms. The zero-order valence-electron chi connectivity index (χ0n) is 51.5. The molecule has 8 atom stereocenters. The lowest BCUT2D eigenvalue weighted by Crippen LogP contribution is -2.61. The monoisotopic (exact) mass is 1120 g/mol. The molecular formula is C68H127NO10. The first-order valence-corrected chi connectivity index (χ1v) is 33.8. The number of amides is 1. The first-order chi connectivity index (χ1) is 38.7. The Morgan fingerprint density at radius 2 is 0.835 bits per heavy atom. The van der Waals surface area contributed by atoms with Crippen molar-refractivity contribution in [3.63, 3.8) is 0 Å². The predicted molar refractivity (Wildman–Crippen MR) is 329 cm³/mol. The van der Waals surface area contributed by atoms with Crippen LogP contribution < -0.4 is 5.32 Å². The van der Waals surface area contributed by atoms with Gasteiger partial charge in [0.1, 0.15) is 24.4 Å². The summed E-state index contributed by atoms with van der Waals surface area (Å²) in [6, 6.07) is -1.02. The number of nitrogens with one attached hydrogen (secondary N) is 1. The van der Waals surface area contributed by atoms with E-state index in [1.807, 2.05) is 6.08 Å². The number of ether oxygens (including phenoxy) is 3. The number of rotatable bonds is 58. The van der Waals surface area contributed by atoms with Crippen molar-refractivity contribution < 1.29 is 49.3 Å². The number of carbonyl (C=O) groups excluding carboxylic acids is 2. The lowest BCUT2D eigenvalue weighted by Gasteiger charge is -2.41. The molecular weight excluding hydrogens is 991 g/mol. The Morgan fingerprint density at radius 3 is 1.24 bits per heavy atom. The fourth-order valence-corrected chi connectivity index (χ4v) is 10.6. The summed E-state index contributed by atoms with van der Waals surface area (Å²) in [4.78, 5) is 26.6. The Balaban J connectivity index is 2.60. The van der Waals surface area contributed by atoms with E-state index in [0.717, 1.165) is 70.6 Å². The van der Waals surface area contributed by atoms with Crippen molar-refractivity contribution in [1.82, 2.24) is 5.32 Å². The van der Waals surface area contributed by atoms with Crippen LogP contribution in [0.15, 0.2) is 36.5 Å². The van der Waals surface area contributed by atoms with Gasteiger partial charge in [-0.2, -0.15) is 0 Å². The Hall–Kier alpha value is -2.12. The molecule has 0 saturated carbocycles. The number of carbonyl (C=O) groups is 2. The zero-order valence-corrected chi connectivity index (χ0v) is 51.5. The van der Waals surface area contributed by atoms with Crippen LogP contribution in [0.3, 0.4) is 0 Å². The van der Waals surface area contributed by atoms with E-state index in [1.54, 1.807) is 6.08 Å². The van der Waals surface area contributed by atoms with Crippen molar-refractivity contribution in [2.75, 3.05) is 13.2 Å². The molecule has 464 valence electrons. The van der Waals surface area contributed by atoms with Gasteiger partial charge in [-0.1, -0.05) is 276 Å². The van der Waals surface area contributed by atoms with Crippen molar-refractivity contribution >= 4 is 11.9 Å². The van der Waals surface area contributed by atoms with Gasteiger partial charge in [-0.25, -0.2) is 0 Å². The fraction of sp³-hybridized carbons (Fsp3) is 0.882. The summed E-state index contributed by atoms with van der Waals surface area (Å²) >= 11 is 0. The summed E-state index contributed by atoms with van der Waals surface area (Å²) < 4.78 is 17.7. The molecule has 1 aliphatic rings. The maximum Gasteiger partial charge on any atom is 0.306 e. The van der Waals surface area contributed by atoms with Crippen molar-refractivity contribution in [3.8, 4) is 0 Å². The van der Waals surface area contributed by atoms with Gasteiger partial charge < -0.3 is 45.1 Å². The molecule has 1 fully saturated rings. The Kier molecular flexibility index (Phi) is 53.4. The van der Waals surface area contributed by atoms with E-state index in [2.05, 4.69) is 50.4 Å². The van der Waals surface area contributed by atoms with Crippen molar-refractivity contribution in [2.24, 2.45) is 0 Å². The average molecular weight is 1120 g/mol. The van der Waals surface area contributed by atoms with Crippen LogP contribution in [0.5, 0.6) is 0 Å². The van der Waals surface area contributed by atoms with Gasteiger partial charge in [-0.05, 0) is 77.0 Å². The molecule has 1 amide bonds. The number of hydrogen-bond donors (Lipinski definition) is 6. The predicted octanol–water partition coefficient (Wildman–Crippen LogP) is 16.6. The molecule has 11 nitrogen and oxygen atoms in total. The standard InChI is InChI=1S/C68H127NO10/c1-4-7-10-13-16-19-22-25-27-28-29-30-31-32-33-34-35-38-41-44-47-50-53-56-63(73)79-66-65(75)64(74)62(57-70)78-68(66)77-58-59(60(71)54-51-48-45-42-39-36-24-21-18-15-12-9-6-3)69-67(76)61(72)55-52-49-46-43-40-37-26-23-20-17-14-11-8-5-2/h20,23,25,27,51,54,59-62,64-66,68,70-72,74-75H,4-19,21-22,24,26,28-50,52-53,55-58H2,1-3H3,(H,69,76)/b23-20-,27-25+,54-51+. The summed E-state index contributed by atoms with van der Waals surface area (Å²) in [7, 11) is 0. The van der Waals surface area contributed by atoms with Gasteiger partial charge in [0.15, 0.2) is 12.4 Å². The van der Waals surface area contributed by atoms with Crippen LogP contribution in [-0.4, -0.2) is 99.6 Å². The highest BCUT2D eigenvalue weighted by molar-refractivity contribution is 5.80. The molecule has 0 spiro atoms. The summed E-state index contributed by atoms with van der Waals surface area (Å²) in [6.45, 7) is 5.81. The zero-order chi connectivity index (χ0) is 57.5. The van der Waals surface area contributed by atoms with Gasteiger partial charge in [0.2, 0.25) is 5.91 Å². The van der Waals surface area contributed by atoms with E-state index in [1.165, 1.54) is 205 Å². The quantitative estimate of drug-likeness (QED) is 0.0195. The largest absolute Gasteiger partial charge is 0.454 e. The number of esters is 1. The topological polar surface area (TPSA) is 175 Å². The molecule has 1 rings (SSSR count). The molecule has 1 aliphatic heterocycles. The molecule has 0 aliphatic carbocycles. The minimum atomic E-state index is -1.61. The number of hydrogen-bond acceptors (Lipinski definition) is 10. The van der Waals surface area contributed by atoms with Gasteiger partial charge in [0.25, 0.3) is 0 Å². The summed E-state index contributed by atoms with van der Waals surface area (Å²) in [5, 5.41) is 57.1. The van der Waals surface area contributed by atoms with Gasteiger partial charge in [-0.3, -0.25) is 9.59 Å². The Bertz CT molecular complexity index is 1420. The van der Waals surface area contributed by atoms with Crippen LogP contribution in [-0.2, 0) is 23.8 Å². The lowest BCUT2D eigenvalue weighted by molar-refractivity contribution is -0.305. The van der Waals surface area contributed by atoms with E-state index in [9.17, 15) is 35.1 Å². The van der Waals surface area contributed by atoms with E-state index in [-0.39, 0.29) is 19.4 Å². The molecule has 0 aromatic rings. The average Bonchev–Trinajstić information content (AvgIpc) is 3.49. The summed E-state index contributed by atoms with van der Waals surface area (Å²) in [6.07, 6.45) is 57.5. The van der Waals surface area contributed by atoms with Crippen molar-refractivity contribution in [1.29, 1.82) is 0 Å². The van der Waals surface area contributed by atoms with Crippen molar-refractivity contribution in [2.45, 2.75) is 372 Å². The summed E-state index contributed by atoms with van der Waals surface area (Å²) in [5.74, 6) is -1.19. The third-order valence-electron chi connectivity index (χ3n) is 16.0. The third-order valence-corrected chi connectivity index (χ3v) is 16.0. The lowest BCUT2D eigenvalue weighted by atomic mass is 9.99. The van der Waals surface area contributed by atoms with Gasteiger partial charge >= 0.3 is 5.97 Å². The van der Waals surface area contributed by atoms with Crippen LogP contribution >= 0.6 is 0 Å². The molecule has 1 saturated heterocycles. The Labute approximate surface area is 485 Å².